The highest BCUT2D eigenvalue weighted by Gasteiger charge is 2.19. The van der Waals surface area contributed by atoms with Crippen LogP contribution in [0.3, 0.4) is 0 Å². The summed E-state index contributed by atoms with van der Waals surface area (Å²) in [5, 5.41) is 10.1. The highest BCUT2D eigenvalue weighted by molar-refractivity contribution is 5.18. The highest BCUT2D eigenvalue weighted by Crippen LogP contribution is 2.23. The van der Waals surface area contributed by atoms with Crippen LogP contribution in [-0.2, 0) is 4.74 Å². The molecule has 16 heavy (non-hydrogen) atoms. The molecule has 0 heterocycles. The van der Waals surface area contributed by atoms with E-state index in [1.807, 2.05) is 30.3 Å². The summed E-state index contributed by atoms with van der Waals surface area (Å²) < 4.78 is 5.38. The number of rotatable bonds is 7. The van der Waals surface area contributed by atoms with Gasteiger partial charge in [-0.25, -0.2) is 0 Å². The van der Waals surface area contributed by atoms with Gasteiger partial charge in [-0.05, 0) is 12.0 Å². The quantitative estimate of drug-likeness (QED) is 0.717. The summed E-state index contributed by atoms with van der Waals surface area (Å²) in [6.45, 7) is 2.16. The maximum absolute atomic E-state index is 10.1. The molecule has 1 aromatic carbocycles. The van der Waals surface area contributed by atoms with Gasteiger partial charge in [0.2, 0.25) is 0 Å². The van der Waals surface area contributed by atoms with Crippen LogP contribution < -0.4 is 0 Å². The highest BCUT2D eigenvalue weighted by atomic mass is 16.5. The third-order valence-corrected chi connectivity index (χ3v) is 2.83. The number of methoxy groups -OCH3 is 1. The molecule has 0 aliphatic heterocycles. The van der Waals surface area contributed by atoms with E-state index in [4.69, 9.17) is 4.74 Å². The van der Waals surface area contributed by atoms with Crippen molar-refractivity contribution in [2.45, 2.75) is 44.8 Å². The Morgan fingerprint density at radius 1 is 1.19 bits per heavy atom. The van der Waals surface area contributed by atoms with Crippen molar-refractivity contribution < 1.29 is 9.84 Å². The Balaban J connectivity index is 2.53. The van der Waals surface area contributed by atoms with Crippen LogP contribution in [0.15, 0.2) is 30.3 Å². The van der Waals surface area contributed by atoms with Gasteiger partial charge < -0.3 is 9.84 Å². The predicted molar refractivity (Wildman–Crippen MR) is 66.3 cm³/mol. The molecule has 0 saturated carbocycles. The minimum atomic E-state index is -0.404. The van der Waals surface area contributed by atoms with E-state index < -0.39 is 6.10 Å². The molecule has 0 bridgehead atoms. The molecule has 0 aliphatic rings. The second-order valence-corrected chi connectivity index (χ2v) is 4.13. The zero-order chi connectivity index (χ0) is 11.8. The lowest BCUT2D eigenvalue weighted by Gasteiger charge is -2.21. The van der Waals surface area contributed by atoms with Crippen LogP contribution >= 0.6 is 0 Å². The van der Waals surface area contributed by atoms with Crippen LogP contribution in [0.25, 0.3) is 0 Å². The van der Waals surface area contributed by atoms with E-state index in [0.29, 0.717) is 0 Å². The van der Waals surface area contributed by atoms with E-state index in [1.54, 1.807) is 7.11 Å². The Morgan fingerprint density at radius 3 is 2.44 bits per heavy atom. The molecule has 2 unspecified atom stereocenters. The first-order valence-electron chi connectivity index (χ1n) is 6.05. The van der Waals surface area contributed by atoms with E-state index in [9.17, 15) is 5.11 Å². The number of hydrogen-bond acceptors (Lipinski definition) is 2. The van der Waals surface area contributed by atoms with Crippen LogP contribution in [0.5, 0.6) is 0 Å². The number of unbranched alkanes of at least 4 members (excludes halogenated alkanes) is 2. The lowest BCUT2D eigenvalue weighted by Crippen LogP contribution is -2.20. The Morgan fingerprint density at radius 2 is 1.88 bits per heavy atom. The van der Waals surface area contributed by atoms with E-state index in [2.05, 4.69) is 6.92 Å². The zero-order valence-corrected chi connectivity index (χ0v) is 10.2. The van der Waals surface area contributed by atoms with Crippen LogP contribution in [0.4, 0.5) is 0 Å². The predicted octanol–water partition coefficient (Wildman–Crippen LogP) is 3.32. The molecule has 1 rings (SSSR count). The van der Waals surface area contributed by atoms with Gasteiger partial charge >= 0.3 is 0 Å². The Labute approximate surface area is 98.3 Å². The summed E-state index contributed by atoms with van der Waals surface area (Å²) in [6.07, 6.45) is 3.61. The Bertz CT molecular complexity index is 271. The summed E-state index contributed by atoms with van der Waals surface area (Å²) in [5.41, 5.74) is 1.05. The third kappa shape index (κ3) is 3.95. The van der Waals surface area contributed by atoms with Gasteiger partial charge in [0.25, 0.3) is 0 Å². The molecule has 2 heteroatoms. The van der Waals surface area contributed by atoms with Crippen LogP contribution in [0.1, 0.15) is 44.3 Å². The molecule has 0 spiro atoms. The summed E-state index contributed by atoms with van der Waals surface area (Å²) in [7, 11) is 1.65. The van der Waals surface area contributed by atoms with E-state index in [0.717, 1.165) is 18.4 Å². The monoisotopic (exact) mass is 222 g/mol. The average molecular weight is 222 g/mol. The molecule has 90 valence electrons. The second kappa shape index (κ2) is 7.42. The molecule has 0 aromatic heterocycles. The fourth-order valence-corrected chi connectivity index (χ4v) is 1.91. The topological polar surface area (TPSA) is 29.5 Å². The van der Waals surface area contributed by atoms with Gasteiger partial charge in [-0.3, -0.25) is 0 Å². The maximum atomic E-state index is 10.1. The lowest BCUT2D eigenvalue weighted by atomic mass is 10.00. The first-order valence-corrected chi connectivity index (χ1v) is 6.05. The molecule has 2 nitrogen and oxygen atoms in total. The van der Waals surface area contributed by atoms with E-state index >= 15 is 0 Å². The standard InChI is InChI=1S/C14H22O2/c1-3-4-6-11-13(15)14(16-2)12-9-7-5-8-10-12/h5,7-10,13-15H,3-4,6,11H2,1-2H3. The van der Waals surface area contributed by atoms with Gasteiger partial charge in [-0.2, -0.15) is 0 Å². The number of aliphatic hydroxyl groups is 1. The first-order chi connectivity index (χ1) is 7.79. The maximum Gasteiger partial charge on any atom is 0.108 e. The molecule has 0 radical (unpaired) electrons. The van der Waals surface area contributed by atoms with Crippen LogP contribution in [0.2, 0.25) is 0 Å². The molecule has 0 fully saturated rings. The summed E-state index contributed by atoms with van der Waals surface area (Å²) in [4.78, 5) is 0. The fraction of sp³-hybridized carbons (Fsp3) is 0.571. The Kier molecular flexibility index (Phi) is 6.12. The molecule has 0 saturated heterocycles. The minimum Gasteiger partial charge on any atom is -0.390 e. The van der Waals surface area contributed by atoms with Gasteiger partial charge in [-0.1, -0.05) is 56.5 Å². The van der Waals surface area contributed by atoms with E-state index in [-0.39, 0.29) is 6.10 Å². The molecular weight excluding hydrogens is 200 g/mol. The second-order valence-electron chi connectivity index (χ2n) is 4.13. The SMILES string of the molecule is CCCCCC(O)C(OC)c1ccccc1. The zero-order valence-electron chi connectivity index (χ0n) is 10.2. The van der Waals surface area contributed by atoms with Crippen molar-refractivity contribution in [3.05, 3.63) is 35.9 Å². The molecule has 1 aromatic rings. The van der Waals surface area contributed by atoms with Gasteiger partial charge in [0.1, 0.15) is 6.10 Å². The van der Waals surface area contributed by atoms with Gasteiger partial charge in [0.05, 0.1) is 6.10 Å². The third-order valence-electron chi connectivity index (χ3n) is 2.83. The van der Waals surface area contributed by atoms with Gasteiger partial charge in [-0.15, -0.1) is 0 Å². The van der Waals surface area contributed by atoms with Gasteiger partial charge in [0.15, 0.2) is 0 Å². The summed E-state index contributed by atoms with van der Waals surface area (Å²) in [5.74, 6) is 0. The molecule has 2 atom stereocenters. The number of aliphatic hydroxyl groups excluding tert-OH is 1. The van der Waals surface area contributed by atoms with Crippen molar-refractivity contribution in [2.24, 2.45) is 0 Å². The van der Waals surface area contributed by atoms with Crippen molar-refractivity contribution in [3.8, 4) is 0 Å². The Hall–Kier alpha value is -0.860. The van der Waals surface area contributed by atoms with Crippen molar-refractivity contribution in [1.29, 1.82) is 0 Å². The van der Waals surface area contributed by atoms with Crippen molar-refractivity contribution in [1.82, 2.24) is 0 Å². The molecule has 0 aliphatic carbocycles. The smallest absolute Gasteiger partial charge is 0.108 e. The molecule has 1 N–H and O–H groups in total. The van der Waals surface area contributed by atoms with Gasteiger partial charge in [0, 0.05) is 7.11 Å². The van der Waals surface area contributed by atoms with E-state index in [1.165, 1.54) is 12.8 Å². The molecule has 0 amide bonds. The van der Waals surface area contributed by atoms with Crippen LogP contribution in [0, 0.1) is 0 Å². The summed E-state index contributed by atoms with van der Waals surface area (Å²) in [6, 6.07) is 9.91. The summed E-state index contributed by atoms with van der Waals surface area (Å²) >= 11 is 0. The minimum absolute atomic E-state index is 0.196. The largest absolute Gasteiger partial charge is 0.390 e. The fourth-order valence-electron chi connectivity index (χ4n) is 1.91. The molecular formula is C14H22O2. The average Bonchev–Trinajstić information content (AvgIpc) is 2.32. The lowest BCUT2D eigenvalue weighted by molar-refractivity contribution is -0.0183. The van der Waals surface area contributed by atoms with Crippen molar-refractivity contribution >= 4 is 0 Å². The number of hydrogen-bond donors (Lipinski definition) is 1. The van der Waals surface area contributed by atoms with Crippen molar-refractivity contribution in [2.75, 3.05) is 7.11 Å². The number of ether oxygens (including phenoxy) is 1. The van der Waals surface area contributed by atoms with Crippen molar-refractivity contribution in [3.63, 3.8) is 0 Å². The number of benzene rings is 1. The van der Waals surface area contributed by atoms with Crippen LogP contribution in [-0.4, -0.2) is 18.3 Å². The normalized spacial score (nSPS) is 14.7. The first kappa shape index (κ1) is 13.2.